The Bertz CT molecular complexity index is 1280. The highest BCUT2D eigenvalue weighted by molar-refractivity contribution is 9.10. The molecule has 0 bridgehead atoms. The van der Waals surface area contributed by atoms with Crippen LogP contribution in [0.2, 0.25) is 5.02 Å². The maximum absolute atomic E-state index is 12.6. The lowest BCUT2D eigenvalue weighted by Crippen LogP contribution is -2.14. The number of nitro groups is 1. The number of nitrogens with one attached hydrogen (secondary N) is 1. The van der Waals surface area contributed by atoms with Crippen LogP contribution in [0.15, 0.2) is 70.7 Å². The number of nitro benzene ring substituents is 1. The third-order valence-corrected chi connectivity index (χ3v) is 5.72. The molecule has 0 saturated carbocycles. The summed E-state index contributed by atoms with van der Waals surface area (Å²) < 4.78 is 6.39. The molecule has 0 saturated heterocycles. The zero-order valence-corrected chi connectivity index (χ0v) is 19.7. The minimum absolute atomic E-state index is 0.0129. The van der Waals surface area contributed by atoms with Gasteiger partial charge in [-0.15, -0.1) is 0 Å². The molecule has 3 rings (SSSR count). The number of hydrogen-bond acceptors (Lipinski definition) is 5. The van der Waals surface area contributed by atoms with Gasteiger partial charge in [0, 0.05) is 22.8 Å². The van der Waals surface area contributed by atoms with E-state index >= 15 is 0 Å². The highest BCUT2D eigenvalue weighted by Gasteiger charge is 2.13. The van der Waals surface area contributed by atoms with Gasteiger partial charge >= 0.3 is 0 Å². The number of non-ortho nitro benzene ring substituents is 1. The van der Waals surface area contributed by atoms with Gasteiger partial charge in [0.05, 0.1) is 9.40 Å². The number of benzene rings is 3. The molecule has 0 atom stereocenters. The molecule has 3 aromatic rings. The van der Waals surface area contributed by atoms with Gasteiger partial charge in [0.25, 0.3) is 11.6 Å². The molecule has 7 nitrogen and oxygen atoms in total. The van der Waals surface area contributed by atoms with Crippen molar-refractivity contribution in [2.45, 2.75) is 13.5 Å². The number of ether oxygens (including phenoxy) is 1. The first-order valence-electron chi connectivity index (χ1n) is 9.62. The van der Waals surface area contributed by atoms with Crippen molar-refractivity contribution in [3.63, 3.8) is 0 Å². The van der Waals surface area contributed by atoms with E-state index in [1.807, 2.05) is 6.07 Å². The van der Waals surface area contributed by atoms with Gasteiger partial charge in [-0.25, -0.2) is 0 Å². The lowest BCUT2D eigenvalue weighted by molar-refractivity contribution is -0.384. The topological polar surface area (TPSA) is 105 Å². The molecule has 0 radical (unpaired) electrons. The van der Waals surface area contributed by atoms with Crippen molar-refractivity contribution in [2.75, 3.05) is 5.32 Å². The molecule has 0 aliphatic rings. The summed E-state index contributed by atoms with van der Waals surface area (Å²) in [5.41, 5.74) is 2.59. The van der Waals surface area contributed by atoms with Crippen molar-refractivity contribution < 1.29 is 14.5 Å². The van der Waals surface area contributed by atoms with Crippen LogP contribution in [0.25, 0.3) is 6.08 Å². The number of carbonyl (C=O) groups is 1. The molecule has 3 aromatic carbocycles. The van der Waals surface area contributed by atoms with E-state index in [1.165, 1.54) is 18.2 Å². The Balaban J connectivity index is 1.70. The second-order valence-corrected chi connectivity index (χ2v) is 8.20. The SMILES string of the molecule is Cc1c(Cl)cccc1NC(=O)/C(C#N)=C\c1ccc(OCc2ccc([N+](=O)[O-])cc2)c(Br)c1. The molecule has 1 N–H and O–H groups in total. The maximum atomic E-state index is 12.6. The minimum atomic E-state index is -0.544. The molecule has 0 heterocycles. The van der Waals surface area contributed by atoms with Gasteiger partial charge in [-0.2, -0.15) is 5.26 Å². The van der Waals surface area contributed by atoms with Gasteiger partial charge in [-0.3, -0.25) is 14.9 Å². The quantitative estimate of drug-likeness (QED) is 0.165. The molecule has 166 valence electrons. The van der Waals surface area contributed by atoms with Gasteiger partial charge in [0.15, 0.2) is 0 Å². The number of rotatable bonds is 7. The Hall–Kier alpha value is -3.67. The molecule has 9 heteroatoms. The third kappa shape index (κ3) is 6.19. The number of nitrogens with zero attached hydrogens (tertiary/aromatic N) is 2. The molecule has 0 unspecified atom stereocenters. The van der Waals surface area contributed by atoms with Crippen LogP contribution in [0.5, 0.6) is 5.75 Å². The summed E-state index contributed by atoms with van der Waals surface area (Å²) in [6.07, 6.45) is 1.47. The molecule has 0 aliphatic heterocycles. The zero-order chi connectivity index (χ0) is 24.0. The third-order valence-electron chi connectivity index (χ3n) is 4.69. The van der Waals surface area contributed by atoms with Gasteiger partial charge < -0.3 is 10.1 Å². The lowest BCUT2D eigenvalue weighted by Gasteiger charge is -2.10. The average molecular weight is 527 g/mol. The van der Waals surface area contributed by atoms with Gasteiger partial charge in [-0.05, 0) is 82.0 Å². The van der Waals surface area contributed by atoms with Crippen molar-refractivity contribution in [2.24, 2.45) is 0 Å². The number of halogens is 2. The Morgan fingerprint density at radius 2 is 1.97 bits per heavy atom. The minimum Gasteiger partial charge on any atom is -0.488 e. The van der Waals surface area contributed by atoms with E-state index in [4.69, 9.17) is 16.3 Å². The predicted molar refractivity (Wildman–Crippen MR) is 130 cm³/mol. The smallest absolute Gasteiger partial charge is 0.269 e. The zero-order valence-electron chi connectivity index (χ0n) is 17.3. The van der Waals surface area contributed by atoms with E-state index in [-0.39, 0.29) is 17.9 Å². The van der Waals surface area contributed by atoms with Crippen molar-refractivity contribution in [1.82, 2.24) is 0 Å². The first kappa shape index (κ1) is 24.0. The number of carbonyl (C=O) groups excluding carboxylic acids is 1. The predicted octanol–water partition coefficient (Wildman–Crippen LogP) is 6.44. The summed E-state index contributed by atoms with van der Waals surface area (Å²) in [5, 5.41) is 23.4. The van der Waals surface area contributed by atoms with E-state index in [0.29, 0.717) is 32.1 Å². The molecule has 0 fully saturated rings. The monoisotopic (exact) mass is 525 g/mol. The van der Waals surface area contributed by atoms with Crippen LogP contribution in [-0.2, 0) is 11.4 Å². The Morgan fingerprint density at radius 3 is 2.61 bits per heavy atom. The van der Waals surface area contributed by atoms with Gasteiger partial charge in [0.2, 0.25) is 0 Å². The van der Waals surface area contributed by atoms with E-state index in [9.17, 15) is 20.2 Å². The van der Waals surface area contributed by atoms with Crippen LogP contribution < -0.4 is 10.1 Å². The van der Waals surface area contributed by atoms with Crippen LogP contribution in [0, 0.1) is 28.4 Å². The largest absolute Gasteiger partial charge is 0.488 e. The molecule has 33 heavy (non-hydrogen) atoms. The Kier molecular flexibility index (Phi) is 7.83. The second kappa shape index (κ2) is 10.8. The molecular weight excluding hydrogens is 510 g/mol. The van der Waals surface area contributed by atoms with E-state index in [2.05, 4.69) is 21.2 Å². The van der Waals surface area contributed by atoms with Crippen molar-refractivity contribution in [3.05, 3.63) is 103 Å². The average Bonchev–Trinajstić information content (AvgIpc) is 2.80. The standard InChI is InChI=1S/C24H17BrClN3O4/c1-15-21(26)3-2-4-22(15)28-24(30)18(13-27)11-17-7-10-23(20(25)12-17)33-14-16-5-8-19(9-6-16)29(31)32/h2-12H,14H2,1H3,(H,28,30)/b18-11-. The molecule has 0 spiro atoms. The Labute approximate surface area is 203 Å². The van der Waals surface area contributed by atoms with Crippen molar-refractivity contribution >= 4 is 50.9 Å². The molecule has 1 amide bonds. The van der Waals surface area contributed by atoms with Gasteiger partial charge in [0.1, 0.15) is 24.0 Å². The number of amides is 1. The maximum Gasteiger partial charge on any atom is 0.269 e. The summed E-state index contributed by atoms with van der Waals surface area (Å²) in [6, 6.07) is 18.3. The Morgan fingerprint density at radius 1 is 1.24 bits per heavy atom. The van der Waals surface area contributed by atoms with E-state index in [1.54, 1.807) is 55.5 Å². The fourth-order valence-corrected chi connectivity index (χ4v) is 3.53. The van der Waals surface area contributed by atoms with Crippen molar-refractivity contribution in [3.8, 4) is 11.8 Å². The number of nitriles is 1. The second-order valence-electron chi connectivity index (χ2n) is 6.94. The summed E-state index contributed by atoms with van der Waals surface area (Å²) in [6.45, 7) is 2.00. The van der Waals surface area contributed by atoms with Crippen LogP contribution in [0.4, 0.5) is 11.4 Å². The van der Waals surface area contributed by atoms with Crippen molar-refractivity contribution in [1.29, 1.82) is 5.26 Å². The lowest BCUT2D eigenvalue weighted by atomic mass is 10.1. The van der Waals surface area contributed by atoms with Gasteiger partial charge in [-0.1, -0.05) is 23.7 Å². The van der Waals surface area contributed by atoms with Crippen LogP contribution in [-0.4, -0.2) is 10.8 Å². The number of hydrogen-bond donors (Lipinski definition) is 1. The normalized spacial score (nSPS) is 10.9. The summed E-state index contributed by atoms with van der Waals surface area (Å²) >= 11 is 9.51. The van der Waals surface area contributed by atoms with E-state index in [0.717, 1.165) is 5.56 Å². The fourth-order valence-electron chi connectivity index (χ4n) is 2.85. The molecule has 0 aromatic heterocycles. The first-order chi connectivity index (χ1) is 15.8. The number of anilines is 1. The fraction of sp³-hybridized carbons (Fsp3) is 0.0833. The van der Waals surface area contributed by atoms with E-state index < -0.39 is 10.8 Å². The molecular formula is C24H17BrClN3O4. The highest BCUT2D eigenvalue weighted by Crippen LogP contribution is 2.28. The highest BCUT2D eigenvalue weighted by atomic mass is 79.9. The summed E-state index contributed by atoms with van der Waals surface area (Å²) in [7, 11) is 0. The first-order valence-corrected chi connectivity index (χ1v) is 10.8. The molecule has 0 aliphatic carbocycles. The van der Waals surface area contributed by atoms with Crippen LogP contribution >= 0.6 is 27.5 Å². The van der Waals surface area contributed by atoms with Crippen LogP contribution in [0.1, 0.15) is 16.7 Å². The summed E-state index contributed by atoms with van der Waals surface area (Å²) in [4.78, 5) is 22.8. The van der Waals surface area contributed by atoms with Crippen LogP contribution in [0.3, 0.4) is 0 Å². The summed E-state index contributed by atoms with van der Waals surface area (Å²) in [5.74, 6) is 0.000464.